The van der Waals surface area contributed by atoms with Gasteiger partial charge in [-0.1, -0.05) is 19.6 Å². The summed E-state index contributed by atoms with van der Waals surface area (Å²) in [5, 5.41) is 9.32. The van der Waals surface area contributed by atoms with Crippen molar-refractivity contribution in [3.8, 4) is 11.4 Å². The fraction of sp³-hybridized carbons (Fsp3) is 0.375. The third-order valence-corrected chi connectivity index (χ3v) is 5.12. The first-order valence-electron chi connectivity index (χ1n) is 7.47. The predicted octanol–water partition coefficient (Wildman–Crippen LogP) is 2.02. The fourth-order valence-corrected chi connectivity index (χ4v) is 2.74. The number of ether oxygens (including phenoxy) is 1. The molecule has 1 aromatic heterocycles. The number of nitrogens with zero attached hydrogens (tertiary/aromatic N) is 2. The Morgan fingerprint density at radius 1 is 1.09 bits per heavy atom. The number of phenols is 1. The van der Waals surface area contributed by atoms with Gasteiger partial charge in [-0.25, -0.2) is 9.36 Å². The number of hydrogen-bond acceptors (Lipinski definition) is 4. The average Bonchev–Trinajstić information content (AvgIpc) is 2.46. The molecule has 0 saturated heterocycles. The van der Waals surface area contributed by atoms with Crippen molar-refractivity contribution < 1.29 is 9.84 Å². The number of aromatic hydroxyl groups is 1. The van der Waals surface area contributed by atoms with Crippen molar-refractivity contribution in [1.29, 1.82) is 0 Å². The van der Waals surface area contributed by atoms with E-state index in [4.69, 9.17) is 4.74 Å². The van der Waals surface area contributed by atoms with Crippen molar-refractivity contribution in [1.82, 2.24) is 9.13 Å². The van der Waals surface area contributed by atoms with Crippen LogP contribution < -0.4 is 11.2 Å². The minimum Gasteiger partial charge on any atom is -0.508 e. The Labute approximate surface area is 135 Å². The Hall–Kier alpha value is -2.12. The minimum absolute atomic E-state index is 0.0545. The van der Waals surface area contributed by atoms with E-state index in [-0.39, 0.29) is 12.5 Å². The third-order valence-electron chi connectivity index (χ3n) is 3.41. The van der Waals surface area contributed by atoms with E-state index in [1.54, 1.807) is 12.1 Å². The molecule has 0 amide bonds. The summed E-state index contributed by atoms with van der Waals surface area (Å²) in [6.45, 7) is 7.20. The van der Waals surface area contributed by atoms with Crippen molar-refractivity contribution >= 4 is 8.07 Å². The number of hydrogen-bond donors (Lipinski definition) is 1. The van der Waals surface area contributed by atoms with Crippen molar-refractivity contribution in [3.05, 3.63) is 57.4 Å². The summed E-state index contributed by atoms with van der Waals surface area (Å²) in [5.74, 6) is 0.116. The molecule has 0 atom stereocenters. The van der Waals surface area contributed by atoms with E-state index in [0.717, 1.165) is 10.6 Å². The zero-order valence-electron chi connectivity index (χ0n) is 13.7. The first kappa shape index (κ1) is 17.2. The van der Waals surface area contributed by atoms with E-state index in [1.807, 2.05) is 0 Å². The molecule has 0 saturated carbocycles. The SMILES string of the molecule is C[Si](C)(C)CCOCn1c(=O)ccn(-c2ccc(O)cc2)c1=O. The highest BCUT2D eigenvalue weighted by Gasteiger charge is 2.13. The Morgan fingerprint density at radius 3 is 2.35 bits per heavy atom. The highest BCUT2D eigenvalue weighted by molar-refractivity contribution is 6.76. The Bertz CT molecular complexity index is 772. The van der Waals surface area contributed by atoms with Crippen molar-refractivity contribution in [2.24, 2.45) is 0 Å². The van der Waals surface area contributed by atoms with Crippen molar-refractivity contribution in [2.45, 2.75) is 32.4 Å². The predicted molar refractivity (Wildman–Crippen MR) is 92.1 cm³/mol. The molecule has 1 N–H and O–H groups in total. The molecule has 2 rings (SSSR count). The Balaban J connectivity index is 2.20. The number of rotatable bonds is 6. The second-order valence-corrected chi connectivity index (χ2v) is 12.2. The topological polar surface area (TPSA) is 73.5 Å². The maximum absolute atomic E-state index is 12.5. The van der Waals surface area contributed by atoms with Crippen LogP contribution in [0.25, 0.3) is 5.69 Å². The molecule has 2 aromatic rings. The highest BCUT2D eigenvalue weighted by atomic mass is 28.3. The van der Waals surface area contributed by atoms with Gasteiger partial charge in [0.25, 0.3) is 5.56 Å². The van der Waals surface area contributed by atoms with Gasteiger partial charge in [0.1, 0.15) is 12.5 Å². The first-order valence-corrected chi connectivity index (χ1v) is 11.2. The van der Waals surface area contributed by atoms with Gasteiger partial charge in [-0.2, -0.15) is 0 Å². The van der Waals surface area contributed by atoms with Crippen molar-refractivity contribution in [3.63, 3.8) is 0 Å². The number of aromatic nitrogens is 2. The second-order valence-electron chi connectivity index (χ2n) is 6.60. The molecule has 0 aliphatic heterocycles. The summed E-state index contributed by atoms with van der Waals surface area (Å²) >= 11 is 0. The maximum atomic E-state index is 12.5. The molecule has 1 aromatic carbocycles. The van der Waals surface area contributed by atoms with E-state index in [1.165, 1.54) is 29.0 Å². The molecular weight excluding hydrogens is 312 g/mol. The standard InChI is InChI=1S/C16H22N2O4Si/c1-23(2,3)11-10-22-12-18-15(20)8-9-17(16(18)21)13-4-6-14(19)7-5-13/h4-9,19H,10-12H2,1-3H3. The summed E-state index contributed by atoms with van der Waals surface area (Å²) in [7, 11) is -1.21. The summed E-state index contributed by atoms with van der Waals surface area (Å²) < 4.78 is 7.93. The van der Waals surface area contributed by atoms with Gasteiger partial charge in [-0.3, -0.25) is 9.36 Å². The van der Waals surface area contributed by atoms with Crippen LogP contribution in [0.1, 0.15) is 0 Å². The molecule has 0 radical (unpaired) electrons. The van der Waals surface area contributed by atoms with E-state index < -0.39 is 19.3 Å². The smallest absolute Gasteiger partial charge is 0.337 e. The normalized spacial score (nSPS) is 11.6. The zero-order valence-corrected chi connectivity index (χ0v) is 14.7. The van der Waals surface area contributed by atoms with Crippen LogP contribution in [0.15, 0.2) is 46.1 Å². The molecule has 124 valence electrons. The molecule has 0 unspecified atom stereocenters. The summed E-state index contributed by atoms with van der Waals surface area (Å²) in [5.41, 5.74) is -0.280. The maximum Gasteiger partial charge on any atom is 0.337 e. The van der Waals surface area contributed by atoms with Crippen LogP contribution in [0.3, 0.4) is 0 Å². The van der Waals surface area contributed by atoms with Gasteiger partial charge in [-0.05, 0) is 30.3 Å². The van der Waals surface area contributed by atoms with Crippen LogP contribution >= 0.6 is 0 Å². The summed E-state index contributed by atoms with van der Waals surface area (Å²) in [6.07, 6.45) is 1.43. The van der Waals surface area contributed by atoms with Gasteiger partial charge >= 0.3 is 5.69 Å². The molecular formula is C16H22N2O4Si. The monoisotopic (exact) mass is 334 g/mol. The molecule has 0 aliphatic rings. The molecule has 6 nitrogen and oxygen atoms in total. The average molecular weight is 334 g/mol. The molecule has 0 aliphatic carbocycles. The Morgan fingerprint density at radius 2 is 1.74 bits per heavy atom. The van der Waals surface area contributed by atoms with E-state index in [0.29, 0.717) is 12.3 Å². The number of phenolic OH excluding ortho intramolecular Hbond substituents is 1. The molecule has 1 heterocycles. The lowest BCUT2D eigenvalue weighted by Crippen LogP contribution is -2.39. The zero-order chi connectivity index (χ0) is 17.0. The molecule has 7 heteroatoms. The summed E-state index contributed by atoms with van der Waals surface area (Å²) in [6, 6.07) is 8.50. The number of benzene rings is 1. The van der Waals surface area contributed by atoms with Crippen LogP contribution in [0.2, 0.25) is 25.7 Å². The lowest BCUT2D eigenvalue weighted by atomic mass is 10.3. The van der Waals surface area contributed by atoms with E-state index >= 15 is 0 Å². The van der Waals surface area contributed by atoms with Gasteiger partial charge in [0.05, 0.1) is 5.69 Å². The van der Waals surface area contributed by atoms with Crippen molar-refractivity contribution in [2.75, 3.05) is 6.61 Å². The Kier molecular flexibility index (Phi) is 5.22. The second kappa shape index (κ2) is 6.97. The van der Waals surface area contributed by atoms with Gasteiger partial charge in [-0.15, -0.1) is 0 Å². The molecule has 0 bridgehead atoms. The molecule has 0 spiro atoms. The van der Waals surface area contributed by atoms with Crippen LogP contribution in [0, 0.1) is 0 Å². The van der Waals surface area contributed by atoms with E-state index in [2.05, 4.69) is 19.6 Å². The van der Waals surface area contributed by atoms with Crippen LogP contribution in [0.5, 0.6) is 5.75 Å². The van der Waals surface area contributed by atoms with Crippen LogP contribution in [-0.4, -0.2) is 28.9 Å². The quantitative estimate of drug-likeness (QED) is 0.648. The largest absolute Gasteiger partial charge is 0.508 e. The van der Waals surface area contributed by atoms with Gasteiger partial charge in [0, 0.05) is 26.9 Å². The molecule has 0 fully saturated rings. The first-order chi connectivity index (χ1) is 10.8. The lowest BCUT2D eigenvalue weighted by Gasteiger charge is -2.16. The van der Waals surface area contributed by atoms with Crippen LogP contribution in [0.4, 0.5) is 0 Å². The highest BCUT2D eigenvalue weighted by Crippen LogP contribution is 2.11. The van der Waals surface area contributed by atoms with Gasteiger partial charge < -0.3 is 9.84 Å². The third kappa shape index (κ3) is 4.67. The summed E-state index contributed by atoms with van der Waals surface area (Å²) in [4.78, 5) is 24.4. The lowest BCUT2D eigenvalue weighted by molar-refractivity contribution is 0.0810. The fourth-order valence-electron chi connectivity index (χ4n) is 1.98. The minimum atomic E-state index is -1.21. The van der Waals surface area contributed by atoms with Gasteiger partial charge in [0.2, 0.25) is 0 Å². The van der Waals surface area contributed by atoms with E-state index in [9.17, 15) is 14.7 Å². The van der Waals surface area contributed by atoms with Gasteiger partial charge in [0.15, 0.2) is 0 Å². The van der Waals surface area contributed by atoms with Crippen LogP contribution in [-0.2, 0) is 11.5 Å². The molecule has 23 heavy (non-hydrogen) atoms.